The lowest BCUT2D eigenvalue weighted by Gasteiger charge is -2.21. The number of rotatable bonds is 3. The van der Waals surface area contributed by atoms with Crippen LogP contribution in [0.25, 0.3) is 0 Å². The molecule has 1 fully saturated rings. The van der Waals surface area contributed by atoms with E-state index in [2.05, 4.69) is 21.2 Å². The van der Waals surface area contributed by atoms with E-state index in [0.29, 0.717) is 18.5 Å². The zero-order chi connectivity index (χ0) is 14.0. The third kappa shape index (κ3) is 3.35. The Hall–Kier alpha value is -1.36. The molecule has 0 bridgehead atoms. The molecule has 1 saturated heterocycles. The number of halogens is 1. The summed E-state index contributed by atoms with van der Waals surface area (Å²) in [6, 6.07) is 7.31. The highest BCUT2D eigenvalue weighted by Crippen LogP contribution is 2.16. The molecule has 0 radical (unpaired) electrons. The van der Waals surface area contributed by atoms with E-state index in [-0.39, 0.29) is 23.9 Å². The van der Waals surface area contributed by atoms with E-state index in [0.717, 1.165) is 4.47 Å². The smallest absolute Gasteiger partial charge is 0.251 e. The van der Waals surface area contributed by atoms with Gasteiger partial charge >= 0.3 is 0 Å². The summed E-state index contributed by atoms with van der Waals surface area (Å²) < 4.78 is 0.867. The van der Waals surface area contributed by atoms with Crippen LogP contribution in [0.5, 0.6) is 0 Å². The first-order valence-electron chi connectivity index (χ1n) is 6.33. The molecule has 1 N–H and O–H groups in total. The Kier molecular flexibility index (Phi) is 4.24. The Morgan fingerprint density at radius 2 is 2.21 bits per heavy atom. The predicted molar refractivity (Wildman–Crippen MR) is 76.9 cm³/mol. The molecule has 4 nitrogen and oxygen atoms in total. The number of hydrogen-bond donors (Lipinski definition) is 1. The Balaban J connectivity index is 1.99. The molecule has 0 aromatic heterocycles. The largest absolute Gasteiger partial charge is 0.347 e. The summed E-state index contributed by atoms with van der Waals surface area (Å²) in [5.74, 6) is -0.0285. The first-order valence-corrected chi connectivity index (χ1v) is 7.12. The Morgan fingerprint density at radius 3 is 2.79 bits per heavy atom. The number of amides is 2. The van der Waals surface area contributed by atoms with Crippen molar-refractivity contribution in [2.45, 2.75) is 32.4 Å². The minimum Gasteiger partial charge on any atom is -0.347 e. The van der Waals surface area contributed by atoms with Gasteiger partial charge in [0.15, 0.2) is 0 Å². The number of carbonyl (C=O) groups is 2. The summed E-state index contributed by atoms with van der Waals surface area (Å²) in [6.45, 7) is 4.56. The molecule has 19 heavy (non-hydrogen) atoms. The maximum Gasteiger partial charge on any atom is 0.251 e. The molecule has 0 aliphatic carbocycles. The van der Waals surface area contributed by atoms with Gasteiger partial charge in [-0.3, -0.25) is 9.59 Å². The van der Waals surface area contributed by atoms with Gasteiger partial charge in [0.25, 0.3) is 5.91 Å². The summed E-state index contributed by atoms with van der Waals surface area (Å²) in [6.07, 6.45) is 0.387. The van der Waals surface area contributed by atoms with Crippen LogP contribution in [-0.4, -0.2) is 35.3 Å². The minimum absolute atomic E-state index is 0.0959. The maximum absolute atomic E-state index is 12.1. The number of nitrogens with zero attached hydrogens (tertiary/aromatic N) is 1. The number of nitrogens with one attached hydrogen (secondary N) is 1. The van der Waals surface area contributed by atoms with Gasteiger partial charge in [-0.2, -0.15) is 0 Å². The van der Waals surface area contributed by atoms with Gasteiger partial charge in [-0.25, -0.2) is 0 Å². The SMILES string of the molecule is CC(C)N1CC(NC(=O)c2cccc(Br)c2)CC1=O. The van der Waals surface area contributed by atoms with Crippen molar-refractivity contribution < 1.29 is 9.59 Å². The Morgan fingerprint density at radius 1 is 1.47 bits per heavy atom. The molecule has 1 atom stereocenters. The average molecular weight is 325 g/mol. The van der Waals surface area contributed by atoms with E-state index < -0.39 is 0 Å². The van der Waals surface area contributed by atoms with Crippen molar-refractivity contribution in [1.29, 1.82) is 0 Å². The molecule has 5 heteroatoms. The van der Waals surface area contributed by atoms with Crippen molar-refractivity contribution >= 4 is 27.7 Å². The fourth-order valence-corrected chi connectivity index (χ4v) is 2.63. The standard InChI is InChI=1S/C14H17BrN2O2/c1-9(2)17-8-12(7-13(17)18)16-14(19)10-4-3-5-11(15)6-10/h3-6,9,12H,7-8H2,1-2H3,(H,16,19). The summed E-state index contributed by atoms with van der Waals surface area (Å²) in [5, 5.41) is 2.92. The van der Waals surface area contributed by atoms with Gasteiger partial charge < -0.3 is 10.2 Å². The molecule has 1 heterocycles. The summed E-state index contributed by atoms with van der Waals surface area (Å²) >= 11 is 3.34. The normalized spacial score (nSPS) is 19.1. The number of benzene rings is 1. The van der Waals surface area contributed by atoms with Crippen molar-refractivity contribution in [3.8, 4) is 0 Å². The van der Waals surface area contributed by atoms with Gasteiger partial charge in [0.2, 0.25) is 5.91 Å². The molecule has 1 unspecified atom stereocenters. The van der Waals surface area contributed by atoms with E-state index in [9.17, 15) is 9.59 Å². The van der Waals surface area contributed by atoms with Crippen LogP contribution in [0.15, 0.2) is 28.7 Å². The van der Waals surface area contributed by atoms with Gasteiger partial charge in [-0.05, 0) is 32.0 Å². The van der Waals surface area contributed by atoms with Crippen molar-refractivity contribution in [2.75, 3.05) is 6.54 Å². The Labute approximate surface area is 121 Å². The van der Waals surface area contributed by atoms with Crippen LogP contribution in [0.2, 0.25) is 0 Å². The second kappa shape index (κ2) is 5.74. The van der Waals surface area contributed by atoms with Gasteiger partial charge in [-0.15, -0.1) is 0 Å². The van der Waals surface area contributed by atoms with E-state index in [1.165, 1.54) is 0 Å². The van der Waals surface area contributed by atoms with Gasteiger partial charge in [0.1, 0.15) is 0 Å². The topological polar surface area (TPSA) is 49.4 Å². The summed E-state index contributed by atoms with van der Waals surface area (Å²) in [7, 11) is 0. The summed E-state index contributed by atoms with van der Waals surface area (Å²) in [4.78, 5) is 25.6. The van der Waals surface area contributed by atoms with Gasteiger partial charge in [0.05, 0.1) is 6.04 Å². The van der Waals surface area contributed by atoms with Crippen LogP contribution in [0.1, 0.15) is 30.6 Å². The van der Waals surface area contributed by atoms with E-state index >= 15 is 0 Å². The molecule has 0 spiro atoms. The highest BCUT2D eigenvalue weighted by atomic mass is 79.9. The number of likely N-dealkylation sites (tertiary alicyclic amines) is 1. The second-order valence-corrected chi connectivity index (χ2v) is 5.94. The van der Waals surface area contributed by atoms with Crippen LogP contribution in [0.3, 0.4) is 0 Å². The van der Waals surface area contributed by atoms with E-state index in [1.54, 1.807) is 17.0 Å². The lowest BCUT2D eigenvalue weighted by molar-refractivity contribution is -0.129. The van der Waals surface area contributed by atoms with Crippen molar-refractivity contribution in [1.82, 2.24) is 10.2 Å². The molecule has 1 aromatic carbocycles. The zero-order valence-electron chi connectivity index (χ0n) is 11.0. The molecular formula is C14H17BrN2O2. The first-order chi connectivity index (χ1) is 8.97. The highest BCUT2D eigenvalue weighted by molar-refractivity contribution is 9.10. The lowest BCUT2D eigenvalue weighted by Crippen LogP contribution is -2.38. The van der Waals surface area contributed by atoms with E-state index in [4.69, 9.17) is 0 Å². The molecule has 2 rings (SSSR count). The molecule has 0 saturated carbocycles. The Bertz CT molecular complexity index is 502. The second-order valence-electron chi connectivity index (χ2n) is 5.02. The third-order valence-corrected chi connectivity index (χ3v) is 3.70. The predicted octanol–water partition coefficient (Wildman–Crippen LogP) is 2.19. The molecule has 1 aliphatic rings. The molecule has 102 valence electrons. The quantitative estimate of drug-likeness (QED) is 0.926. The first kappa shape index (κ1) is 14.1. The summed E-state index contributed by atoms with van der Waals surface area (Å²) in [5.41, 5.74) is 0.602. The third-order valence-electron chi connectivity index (χ3n) is 3.20. The van der Waals surface area contributed by atoms with Crippen molar-refractivity contribution in [3.63, 3.8) is 0 Å². The highest BCUT2D eigenvalue weighted by Gasteiger charge is 2.32. The molecular weight excluding hydrogens is 308 g/mol. The molecule has 2 amide bonds. The monoisotopic (exact) mass is 324 g/mol. The van der Waals surface area contributed by atoms with Crippen LogP contribution in [0.4, 0.5) is 0 Å². The van der Waals surface area contributed by atoms with Crippen LogP contribution in [-0.2, 0) is 4.79 Å². The average Bonchev–Trinajstić information content (AvgIpc) is 2.70. The molecule has 1 aliphatic heterocycles. The zero-order valence-corrected chi connectivity index (χ0v) is 12.6. The van der Waals surface area contributed by atoms with Crippen LogP contribution in [0, 0.1) is 0 Å². The lowest BCUT2D eigenvalue weighted by atomic mass is 10.2. The molecule has 1 aromatic rings. The van der Waals surface area contributed by atoms with Gasteiger partial charge in [0, 0.05) is 29.0 Å². The minimum atomic E-state index is -0.135. The van der Waals surface area contributed by atoms with Crippen LogP contribution < -0.4 is 5.32 Å². The fraction of sp³-hybridized carbons (Fsp3) is 0.429. The van der Waals surface area contributed by atoms with Crippen LogP contribution >= 0.6 is 15.9 Å². The maximum atomic E-state index is 12.1. The number of hydrogen-bond acceptors (Lipinski definition) is 2. The number of carbonyl (C=O) groups excluding carboxylic acids is 2. The van der Waals surface area contributed by atoms with Gasteiger partial charge in [-0.1, -0.05) is 22.0 Å². The van der Waals surface area contributed by atoms with E-state index in [1.807, 2.05) is 26.0 Å². The van der Waals surface area contributed by atoms with Crippen molar-refractivity contribution in [2.24, 2.45) is 0 Å². The fourth-order valence-electron chi connectivity index (χ4n) is 2.23. The van der Waals surface area contributed by atoms with Crippen molar-refractivity contribution in [3.05, 3.63) is 34.3 Å².